The number of amides is 1. The first-order valence-corrected chi connectivity index (χ1v) is 12.7. The second-order valence-corrected chi connectivity index (χ2v) is 9.30. The number of aromatic nitrogens is 3. The molecule has 40 heavy (non-hydrogen) atoms. The molecular weight excluding hydrogens is 510 g/mol. The number of benzene rings is 3. The van der Waals surface area contributed by atoms with E-state index in [1.165, 1.54) is 13.4 Å². The maximum absolute atomic E-state index is 13.8. The van der Waals surface area contributed by atoms with Crippen LogP contribution in [0, 0.1) is 6.92 Å². The van der Waals surface area contributed by atoms with E-state index < -0.39 is 6.04 Å². The summed E-state index contributed by atoms with van der Waals surface area (Å²) in [7, 11) is 4.70. The van der Waals surface area contributed by atoms with Crippen molar-refractivity contribution < 1.29 is 23.7 Å². The van der Waals surface area contributed by atoms with Gasteiger partial charge in [0.15, 0.2) is 11.5 Å². The van der Waals surface area contributed by atoms with Crippen LogP contribution in [0.3, 0.4) is 0 Å². The van der Waals surface area contributed by atoms with E-state index in [2.05, 4.69) is 26.8 Å². The van der Waals surface area contributed by atoms with E-state index in [-0.39, 0.29) is 5.91 Å². The van der Waals surface area contributed by atoms with Gasteiger partial charge in [-0.05, 0) is 49.2 Å². The number of carbonyl (C=O) groups excluding carboxylic acids is 1. The number of fused-ring (bicyclic) bond motifs is 1. The number of allylic oxidation sites excluding steroid dienone is 1. The summed E-state index contributed by atoms with van der Waals surface area (Å²) in [6.45, 7) is 4.28. The molecule has 0 radical (unpaired) electrons. The predicted molar refractivity (Wildman–Crippen MR) is 151 cm³/mol. The van der Waals surface area contributed by atoms with Gasteiger partial charge in [-0.2, -0.15) is 10.1 Å². The first-order valence-electron chi connectivity index (χ1n) is 12.7. The third kappa shape index (κ3) is 5.28. The zero-order valence-electron chi connectivity index (χ0n) is 23.0. The highest BCUT2D eigenvalue weighted by Crippen LogP contribution is 2.39. The van der Waals surface area contributed by atoms with E-state index in [9.17, 15) is 4.79 Å². The van der Waals surface area contributed by atoms with Gasteiger partial charge in [0.1, 0.15) is 30.5 Å². The van der Waals surface area contributed by atoms with Gasteiger partial charge in [0.2, 0.25) is 5.95 Å². The number of rotatable bonds is 9. The molecule has 1 atom stereocenters. The number of ether oxygens (including phenoxy) is 4. The van der Waals surface area contributed by atoms with Crippen molar-refractivity contribution in [1.82, 2.24) is 14.8 Å². The molecule has 1 amide bonds. The molecule has 0 bridgehead atoms. The third-order valence-corrected chi connectivity index (χ3v) is 6.68. The number of hydrogen-bond acceptors (Lipinski definition) is 8. The van der Waals surface area contributed by atoms with Crippen LogP contribution in [0.25, 0.3) is 0 Å². The number of nitrogens with one attached hydrogen (secondary N) is 2. The molecule has 0 saturated carbocycles. The number of anilines is 2. The van der Waals surface area contributed by atoms with Crippen LogP contribution in [0.15, 0.2) is 78.3 Å². The molecule has 0 unspecified atom stereocenters. The fourth-order valence-corrected chi connectivity index (χ4v) is 4.72. The molecule has 4 aromatic rings. The first kappa shape index (κ1) is 26.6. The van der Waals surface area contributed by atoms with Gasteiger partial charge in [-0.3, -0.25) is 4.79 Å². The highest BCUT2D eigenvalue weighted by atomic mass is 16.5. The van der Waals surface area contributed by atoms with Crippen LogP contribution < -0.4 is 29.6 Å². The van der Waals surface area contributed by atoms with Crippen molar-refractivity contribution in [3.63, 3.8) is 0 Å². The van der Waals surface area contributed by atoms with Crippen molar-refractivity contribution in [2.24, 2.45) is 0 Å². The summed E-state index contributed by atoms with van der Waals surface area (Å²) in [6, 6.07) is 18.4. The van der Waals surface area contributed by atoms with Crippen LogP contribution in [-0.2, 0) is 11.4 Å². The number of aryl methyl sites for hydroxylation is 1. The van der Waals surface area contributed by atoms with Gasteiger partial charge < -0.3 is 29.6 Å². The molecule has 1 aliphatic rings. The van der Waals surface area contributed by atoms with Crippen molar-refractivity contribution in [2.45, 2.75) is 26.5 Å². The van der Waals surface area contributed by atoms with Crippen molar-refractivity contribution in [1.29, 1.82) is 0 Å². The van der Waals surface area contributed by atoms with Crippen LogP contribution in [-0.4, -0.2) is 42.0 Å². The molecule has 10 nitrogen and oxygen atoms in total. The Morgan fingerprint density at radius 2 is 1.77 bits per heavy atom. The maximum atomic E-state index is 13.8. The Morgan fingerprint density at radius 3 is 2.52 bits per heavy atom. The largest absolute Gasteiger partial charge is 0.497 e. The van der Waals surface area contributed by atoms with E-state index in [1.807, 2.05) is 50.2 Å². The topological polar surface area (TPSA) is 109 Å². The lowest BCUT2D eigenvalue weighted by molar-refractivity contribution is -0.113. The smallest absolute Gasteiger partial charge is 0.255 e. The zero-order chi connectivity index (χ0) is 28.2. The number of nitrogens with zero attached hydrogens (tertiary/aromatic N) is 3. The van der Waals surface area contributed by atoms with Crippen LogP contribution in [0.4, 0.5) is 11.6 Å². The van der Waals surface area contributed by atoms with E-state index >= 15 is 0 Å². The van der Waals surface area contributed by atoms with Crippen molar-refractivity contribution in [3.8, 4) is 23.0 Å². The van der Waals surface area contributed by atoms with Gasteiger partial charge in [-0.25, -0.2) is 4.68 Å². The van der Waals surface area contributed by atoms with Gasteiger partial charge in [0.25, 0.3) is 5.91 Å². The monoisotopic (exact) mass is 541 g/mol. The Kier molecular flexibility index (Phi) is 7.59. The Labute approximate surface area is 232 Å². The molecule has 0 spiro atoms. The first-order chi connectivity index (χ1) is 19.4. The van der Waals surface area contributed by atoms with Crippen molar-refractivity contribution in [2.75, 3.05) is 32.0 Å². The summed E-state index contributed by atoms with van der Waals surface area (Å²) in [5.41, 5.74) is 4.62. The van der Waals surface area contributed by atoms with Crippen LogP contribution in [0.5, 0.6) is 23.0 Å². The average molecular weight is 542 g/mol. The molecule has 2 heterocycles. The summed E-state index contributed by atoms with van der Waals surface area (Å²) in [4.78, 5) is 18.1. The number of methoxy groups -OCH3 is 3. The molecule has 0 saturated heterocycles. The summed E-state index contributed by atoms with van der Waals surface area (Å²) < 4.78 is 24.2. The standard InChI is InChI=1S/C30H31N5O5/c1-18-7-6-8-20(13-18)16-40-24-12-9-21(14-26(24)39-5)28-27(19(2)33-30-31-17-32-35(28)30)29(36)34-23-11-10-22(37-3)15-25(23)38-4/h6-15,17,28H,16H2,1-5H3,(H,34,36)(H,31,32,33)/t28-/m1/s1. The highest BCUT2D eigenvalue weighted by Gasteiger charge is 2.34. The second kappa shape index (κ2) is 11.4. The van der Waals surface area contributed by atoms with Gasteiger partial charge in [0, 0.05) is 11.8 Å². The summed E-state index contributed by atoms with van der Waals surface area (Å²) in [5, 5.41) is 10.6. The molecule has 1 aromatic heterocycles. The molecule has 2 N–H and O–H groups in total. The predicted octanol–water partition coefficient (Wildman–Crippen LogP) is 5.12. The fraction of sp³-hybridized carbons (Fsp3) is 0.233. The summed E-state index contributed by atoms with van der Waals surface area (Å²) in [5.74, 6) is 2.43. The van der Waals surface area contributed by atoms with E-state index in [4.69, 9.17) is 18.9 Å². The lowest BCUT2D eigenvalue weighted by Crippen LogP contribution is -2.31. The lowest BCUT2D eigenvalue weighted by Gasteiger charge is -2.29. The van der Waals surface area contributed by atoms with Crippen LogP contribution >= 0.6 is 0 Å². The van der Waals surface area contributed by atoms with Crippen molar-refractivity contribution in [3.05, 3.63) is 95.0 Å². The molecular formula is C30H31N5O5. The van der Waals surface area contributed by atoms with Crippen molar-refractivity contribution >= 4 is 17.5 Å². The Bertz CT molecular complexity index is 1580. The normalized spacial score (nSPS) is 14.2. The summed E-state index contributed by atoms with van der Waals surface area (Å²) >= 11 is 0. The van der Waals surface area contributed by atoms with E-state index in [1.54, 1.807) is 37.1 Å². The Balaban J connectivity index is 1.47. The third-order valence-electron chi connectivity index (χ3n) is 6.68. The minimum Gasteiger partial charge on any atom is -0.497 e. The van der Waals surface area contributed by atoms with Crippen LogP contribution in [0.2, 0.25) is 0 Å². The van der Waals surface area contributed by atoms with E-state index in [0.717, 1.165) is 16.7 Å². The molecule has 0 aliphatic carbocycles. The number of carbonyl (C=O) groups is 1. The maximum Gasteiger partial charge on any atom is 0.255 e. The molecule has 10 heteroatoms. The number of hydrogen-bond donors (Lipinski definition) is 2. The Hall–Kier alpha value is -4.99. The average Bonchev–Trinajstić information content (AvgIpc) is 3.43. The summed E-state index contributed by atoms with van der Waals surface area (Å²) in [6.07, 6.45) is 1.45. The van der Waals surface area contributed by atoms with E-state index in [0.29, 0.717) is 52.5 Å². The van der Waals surface area contributed by atoms with Gasteiger partial charge >= 0.3 is 0 Å². The molecule has 5 rings (SSSR count). The van der Waals surface area contributed by atoms with Gasteiger partial charge in [-0.1, -0.05) is 35.9 Å². The molecule has 0 fully saturated rings. The van der Waals surface area contributed by atoms with Gasteiger partial charge in [0.05, 0.1) is 32.6 Å². The highest BCUT2D eigenvalue weighted by molar-refractivity contribution is 6.06. The fourth-order valence-electron chi connectivity index (χ4n) is 4.72. The van der Waals surface area contributed by atoms with Crippen LogP contribution in [0.1, 0.15) is 29.7 Å². The zero-order valence-corrected chi connectivity index (χ0v) is 23.0. The molecule has 206 valence electrons. The quantitative estimate of drug-likeness (QED) is 0.301. The minimum absolute atomic E-state index is 0.321. The lowest BCUT2D eigenvalue weighted by atomic mass is 9.94. The SMILES string of the molecule is COc1ccc(NC(=O)C2=C(C)Nc3ncnn3[C@@H]2c2ccc(OCc3cccc(C)c3)c(OC)c2)c(OC)c1. The Morgan fingerprint density at radius 1 is 0.950 bits per heavy atom. The molecule has 3 aromatic carbocycles. The second-order valence-electron chi connectivity index (χ2n) is 9.30. The van der Waals surface area contributed by atoms with Gasteiger partial charge in [-0.15, -0.1) is 0 Å². The molecule has 1 aliphatic heterocycles. The minimum atomic E-state index is -0.581.